The van der Waals surface area contributed by atoms with E-state index in [-0.39, 0.29) is 6.54 Å². The first-order chi connectivity index (χ1) is 12.2. The molecule has 0 aliphatic carbocycles. The van der Waals surface area contributed by atoms with E-state index in [1.807, 2.05) is 6.92 Å². The van der Waals surface area contributed by atoms with Crippen molar-refractivity contribution >= 4 is 14.7 Å². The minimum Gasteiger partial charge on any atom is -0.404 e. The van der Waals surface area contributed by atoms with E-state index < -0.39 is 49.5 Å². The molecule has 0 radical (unpaired) electrons. The zero-order valence-corrected chi connectivity index (χ0v) is 15.6. The van der Waals surface area contributed by atoms with Gasteiger partial charge in [0.25, 0.3) is 0 Å². The lowest BCUT2D eigenvalue weighted by molar-refractivity contribution is 0.193. The molecule has 0 heterocycles. The zero-order valence-electron chi connectivity index (χ0n) is 14.6. The quantitative estimate of drug-likeness (QED) is 0.223. The van der Waals surface area contributed by atoms with Crippen molar-refractivity contribution in [3.63, 3.8) is 0 Å². The summed E-state index contributed by atoms with van der Waals surface area (Å²) >= 11 is 0. The molecule has 1 aromatic rings. The summed E-state index contributed by atoms with van der Waals surface area (Å²) in [5, 5.41) is 2.18. The Balaban J connectivity index is 2.54. The number of amides is 1. The molecule has 0 spiro atoms. The smallest absolute Gasteiger partial charge is 0.404 e. The van der Waals surface area contributed by atoms with Gasteiger partial charge in [0.05, 0.1) is 0 Å². The van der Waals surface area contributed by atoms with Crippen LogP contribution in [0.25, 0.3) is 0 Å². The van der Waals surface area contributed by atoms with E-state index in [1.165, 1.54) is 0 Å². The molecule has 1 N–H and O–H groups in total. The van der Waals surface area contributed by atoms with Crippen molar-refractivity contribution in [2.75, 3.05) is 20.8 Å². The van der Waals surface area contributed by atoms with Gasteiger partial charge in [-0.25, -0.2) is 18.0 Å². The van der Waals surface area contributed by atoms with E-state index >= 15 is 0 Å². The Morgan fingerprint density at radius 3 is 1.88 bits per heavy atom. The molecule has 0 aliphatic heterocycles. The molecule has 0 saturated heterocycles. The number of carbonyl (C=O) groups is 1. The highest BCUT2D eigenvalue weighted by Crippen LogP contribution is 2.29. The number of nitrogens with one attached hydrogen (secondary N) is 1. The van der Waals surface area contributed by atoms with E-state index in [9.17, 15) is 26.7 Å². The monoisotopic (exact) mass is 401 g/mol. The van der Waals surface area contributed by atoms with Crippen LogP contribution in [-0.2, 0) is 8.85 Å². The molecule has 0 bridgehead atoms. The topological polar surface area (TPSA) is 56.8 Å². The molecular formula is C15H20F5NO4Si. The zero-order chi connectivity index (χ0) is 19.9. The Kier molecular flexibility index (Phi) is 8.44. The third-order valence-electron chi connectivity index (χ3n) is 3.90. The third-order valence-corrected chi connectivity index (χ3v) is 7.58. The van der Waals surface area contributed by atoms with E-state index in [2.05, 4.69) is 10.1 Å². The normalized spacial score (nSPS) is 11.5. The van der Waals surface area contributed by atoms with Crippen molar-refractivity contribution in [2.45, 2.75) is 31.9 Å². The SMILES string of the molecule is CC[Si](CCCCNC(=O)Oc1c(F)c(F)c(F)c(F)c1F)(OC)OC. The van der Waals surface area contributed by atoms with E-state index in [4.69, 9.17) is 8.85 Å². The van der Waals surface area contributed by atoms with E-state index in [0.717, 1.165) is 6.04 Å². The first-order valence-electron chi connectivity index (χ1n) is 7.80. The molecule has 0 atom stereocenters. The maximum Gasteiger partial charge on any atom is 0.412 e. The van der Waals surface area contributed by atoms with E-state index in [1.54, 1.807) is 14.2 Å². The molecule has 0 fully saturated rings. The van der Waals surface area contributed by atoms with Crippen LogP contribution in [0, 0.1) is 29.1 Å². The van der Waals surface area contributed by atoms with Gasteiger partial charge in [0, 0.05) is 20.8 Å². The Hall–Kier alpha value is -1.72. The minimum atomic E-state index is -2.33. The summed E-state index contributed by atoms with van der Waals surface area (Å²) in [4.78, 5) is 11.5. The lowest BCUT2D eigenvalue weighted by atomic mass is 10.2. The highest BCUT2D eigenvalue weighted by molar-refractivity contribution is 6.67. The van der Waals surface area contributed by atoms with Crippen LogP contribution in [0.3, 0.4) is 0 Å². The fourth-order valence-electron chi connectivity index (χ4n) is 2.27. The first-order valence-corrected chi connectivity index (χ1v) is 10.0. The third kappa shape index (κ3) is 5.14. The number of rotatable bonds is 9. The van der Waals surface area contributed by atoms with Gasteiger partial charge in [0.15, 0.2) is 0 Å². The number of carbonyl (C=O) groups excluding carboxylic acids is 1. The van der Waals surface area contributed by atoms with Gasteiger partial charge in [-0.05, 0) is 24.9 Å². The van der Waals surface area contributed by atoms with Crippen molar-refractivity contribution < 1.29 is 40.3 Å². The highest BCUT2D eigenvalue weighted by Gasteiger charge is 2.32. The van der Waals surface area contributed by atoms with Gasteiger partial charge in [-0.2, -0.15) is 8.78 Å². The average Bonchev–Trinajstić information content (AvgIpc) is 2.65. The van der Waals surface area contributed by atoms with Crippen LogP contribution in [0.4, 0.5) is 26.7 Å². The molecule has 1 aromatic carbocycles. The maximum absolute atomic E-state index is 13.4. The van der Waals surface area contributed by atoms with Gasteiger partial charge in [-0.3, -0.25) is 0 Å². The molecule has 1 amide bonds. The van der Waals surface area contributed by atoms with Crippen molar-refractivity contribution in [1.82, 2.24) is 5.32 Å². The molecule has 0 aromatic heterocycles. The van der Waals surface area contributed by atoms with Gasteiger partial charge in [0.2, 0.25) is 34.8 Å². The number of hydrogen-bond acceptors (Lipinski definition) is 4. The van der Waals surface area contributed by atoms with Gasteiger partial charge < -0.3 is 18.9 Å². The van der Waals surface area contributed by atoms with Crippen LogP contribution in [0.5, 0.6) is 5.75 Å². The van der Waals surface area contributed by atoms with Crippen LogP contribution in [0.1, 0.15) is 19.8 Å². The molecule has 0 unspecified atom stereocenters. The predicted molar refractivity (Wildman–Crippen MR) is 84.6 cm³/mol. The van der Waals surface area contributed by atoms with Crippen LogP contribution in [0.15, 0.2) is 0 Å². The van der Waals surface area contributed by atoms with Crippen LogP contribution < -0.4 is 10.1 Å². The summed E-state index contributed by atoms with van der Waals surface area (Å²) in [6.45, 7) is 2.02. The number of unbranched alkanes of at least 4 members (excludes halogenated alkanes) is 1. The minimum absolute atomic E-state index is 0.0792. The van der Waals surface area contributed by atoms with Crippen molar-refractivity contribution in [3.05, 3.63) is 29.1 Å². The van der Waals surface area contributed by atoms with E-state index in [0.29, 0.717) is 18.9 Å². The molecular weight excluding hydrogens is 381 g/mol. The summed E-state index contributed by atoms with van der Waals surface area (Å²) in [6, 6.07) is 1.42. The van der Waals surface area contributed by atoms with Crippen LogP contribution in [0.2, 0.25) is 12.1 Å². The van der Waals surface area contributed by atoms with Crippen molar-refractivity contribution in [3.8, 4) is 5.75 Å². The Bertz CT molecular complexity index is 606. The molecule has 0 aliphatic rings. The Morgan fingerprint density at radius 1 is 0.923 bits per heavy atom. The molecule has 11 heteroatoms. The second-order valence-electron chi connectivity index (χ2n) is 5.34. The standard InChI is InChI=1S/C15H20F5NO4Si/c1-4-26(23-2,24-3)8-6-5-7-21-15(22)25-14-12(19)10(17)9(16)11(18)13(14)20/h4-8H2,1-3H3,(H,21,22). The molecule has 148 valence electrons. The molecule has 0 saturated carbocycles. The maximum atomic E-state index is 13.4. The van der Waals surface area contributed by atoms with Gasteiger partial charge >= 0.3 is 14.7 Å². The molecule has 1 rings (SSSR count). The lowest BCUT2D eigenvalue weighted by Gasteiger charge is -2.25. The van der Waals surface area contributed by atoms with Crippen LogP contribution in [-0.4, -0.2) is 35.4 Å². The predicted octanol–water partition coefficient (Wildman–Crippen LogP) is 4.01. The van der Waals surface area contributed by atoms with Gasteiger partial charge in [-0.1, -0.05) is 6.92 Å². The number of ether oxygens (including phenoxy) is 1. The summed E-state index contributed by atoms with van der Waals surface area (Å²) in [6.07, 6.45) is -0.205. The van der Waals surface area contributed by atoms with Gasteiger partial charge in [-0.15, -0.1) is 0 Å². The summed E-state index contributed by atoms with van der Waals surface area (Å²) < 4.78 is 80.8. The van der Waals surface area contributed by atoms with Crippen molar-refractivity contribution in [1.29, 1.82) is 0 Å². The highest BCUT2D eigenvalue weighted by atomic mass is 28.4. The fraction of sp³-hybridized carbons (Fsp3) is 0.533. The Morgan fingerprint density at radius 2 is 1.42 bits per heavy atom. The second kappa shape index (κ2) is 9.83. The summed E-state index contributed by atoms with van der Waals surface area (Å²) in [7, 11) is 0.886. The number of benzene rings is 1. The number of halogens is 5. The van der Waals surface area contributed by atoms with Crippen molar-refractivity contribution in [2.24, 2.45) is 0 Å². The first kappa shape index (κ1) is 22.3. The second-order valence-corrected chi connectivity index (χ2v) is 9.19. The van der Waals surface area contributed by atoms with Crippen LogP contribution >= 0.6 is 0 Å². The molecule has 26 heavy (non-hydrogen) atoms. The summed E-state index contributed by atoms with van der Waals surface area (Å²) in [5.74, 6) is -12.8. The van der Waals surface area contributed by atoms with Gasteiger partial charge in [0.1, 0.15) is 0 Å². The fourth-order valence-corrected chi connectivity index (χ4v) is 4.56. The average molecular weight is 401 g/mol. The number of hydrogen-bond donors (Lipinski definition) is 1. The Labute approximate surface area is 148 Å². The largest absolute Gasteiger partial charge is 0.412 e. The summed E-state index contributed by atoms with van der Waals surface area (Å²) in [5.41, 5.74) is 0. The lowest BCUT2D eigenvalue weighted by Crippen LogP contribution is -2.39. The molecule has 5 nitrogen and oxygen atoms in total.